The molecule has 0 unspecified atom stereocenters. The van der Waals surface area contributed by atoms with Gasteiger partial charge in [0.1, 0.15) is 11.6 Å². The molecule has 194 valence electrons. The number of nitrogens with zero attached hydrogens (tertiary/aromatic N) is 2. The molecule has 1 N–H and O–H groups in total. The number of ether oxygens (including phenoxy) is 3. The van der Waals surface area contributed by atoms with Crippen LogP contribution >= 0.6 is 0 Å². The lowest BCUT2D eigenvalue weighted by atomic mass is 10.1. The number of hydrogen-bond acceptors (Lipinski definition) is 5. The number of aryl methyl sites for hydroxylation is 2. The second kappa shape index (κ2) is 13.3. The van der Waals surface area contributed by atoms with E-state index >= 15 is 0 Å². The summed E-state index contributed by atoms with van der Waals surface area (Å²) in [6.45, 7) is 2.15. The zero-order chi connectivity index (χ0) is 25.9. The first-order valence-electron chi connectivity index (χ1n) is 12.8. The first kappa shape index (κ1) is 26.1. The Bertz CT molecular complexity index is 1290. The normalized spacial score (nSPS) is 10.9. The largest absolute Gasteiger partial charge is 0.494 e. The van der Waals surface area contributed by atoms with Crippen LogP contribution in [0.25, 0.3) is 11.0 Å². The van der Waals surface area contributed by atoms with Crippen LogP contribution in [0, 0.1) is 0 Å². The first-order chi connectivity index (χ1) is 18.2. The van der Waals surface area contributed by atoms with E-state index in [9.17, 15) is 4.79 Å². The zero-order valence-electron chi connectivity index (χ0n) is 21.6. The van der Waals surface area contributed by atoms with Crippen molar-refractivity contribution in [3.63, 3.8) is 0 Å². The number of fused-ring (bicyclic) bond motifs is 1. The molecule has 0 atom stereocenters. The minimum Gasteiger partial charge on any atom is -0.494 e. The molecule has 7 nitrogen and oxygen atoms in total. The van der Waals surface area contributed by atoms with Gasteiger partial charge in [0, 0.05) is 25.1 Å². The third-order valence-corrected chi connectivity index (χ3v) is 6.28. The van der Waals surface area contributed by atoms with Crippen LogP contribution in [-0.4, -0.2) is 42.8 Å². The molecule has 0 saturated carbocycles. The van der Waals surface area contributed by atoms with Crippen LogP contribution in [0.4, 0.5) is 0 Å². The van der Waals surface area contributed by atoms with Crippen LogP contribution in [-0.2, 0) is 13.0 Å². The number of amides is 1. The van der Waals surface area contributed by atoms with Crippen molar-refractivity contribution in [3.05, 3.63) is 84.2 Å². The number of carbonyl (C=O) groups is 1. The molecule has 4 rings (SSSR count). The van der Waals surface area contributed by atoms with Gasteiger partial charge in [0.05, 0.1) is 31.9 Å². The van der Waals surface area contributed by atoms with Crippen LogP contribution in [0.1, 0.15) is 41.9 Å². The van der Waals surface area contributed by atoms with Gasteiger partial charge in [-0.05, 0) is 61.7 Å². The maximum absolute atomic E-state index is 12.5. The number of benzene rings is 3. The first-order valence-corrected chi connectivity index (χ1v) is 12.8. The van der Waals surface area contributed by atoms with E-state index in [1.807, 2.05) is 36.4 Å². The lowest BCUT2D eigenvalue weighted by Gasteiger charge is -2.11. The topological polar surface area (TPSA) is 74.6 Å². The number of aromatic nitrogens is 2. The molecule has 0 fully saturated rings. The second-order valence-corrected chi connectivity index (χ2v) is 8.82. The molecule has 7 heteroatoms. The predicted molar refractivity (Wildman–Crippen MR) is 146 cm³/mol. The Hall–Kier alpha value is -4.00. The van der Waals surface area contributed by atoms with Gasteiger partial charge in [-0.3, -0.25) is 4.79 Å². The van der Waals surface area contributed by atoms with Crippen molar-refractivity contribution >= 4 is 16.9 Å². The third-order valence-electron chi connectivity index (χ3n) is 6.28. The summed E-state index contributed by atoms with van der Waals surface area (Å²) in [7, 11) is 3.14. The molecule has 1 amide bonds. The quantitative estimate of drug-likeness (QED) is 0.226. The van der Waals surface area contributed by atoms with E-state index < -0.39 is 0 Å². The van der Waals surface area contributed by atoms with E-state index in [0.717, 1.165) is 55.7 Å². The van der Waals surface area contributed by atoms with Gasteiger partial charge in [-0.15, -0.1) is 0 Å². The second-order valence-electron chi connectivity index (χ2n) is 8.82. The molecule has 0 aliphatic carbocycles. The van der Waals surface area contributed by atoms with Crippen molar-refractivity contribution in [1.29, 1.82) is 0 Å². The molecule has 37 heavy (non-hydrogen) atoms. The van der Waals surface area contributed by atoms with Crippen molar-refractivity contribution in [2.45, 2.75) is 38.6 Å². The monoisotopic (exact) mass is 501 g/mol. The molecular formula is C30H35N3O4. The highest BCUT2D eigenvalue weighted by Crippen LogP contribution is 2.27. The highest BCUT2D eigenvalue weighted by Gasteiger charge is 2.12. The lowest BCUT2D eigenvalue weighted by molar-refractivity contribution is 0.0952. The van der Waals surface area contributed by atoms with Crippen LogP contribution in [0.5, 0.6) is 17.2 Å². The van der Waals surface area contributed by atoms with Gasteiger partial charge in [-0.2, -0.15) is 0 Å². The van der Waals surface area contributed by atoms with Gasteiger partial charge in [0.15, 0.2) is 11.5 Å². The van der Waals surface area contributed by atoms with E-state index in [-0.39, 0.29) is 5.91 Å². The molecular weight excluding hydrogens is 466 g/mol. The number of para-hydroxylation sites is 3. The molecule has 1 heterocycles. The average Bonchev–Trinajstić information content (AvgIpc) is 3.30. The Morgan fingerprint density at radius 2 is 1.65 bits per heavy atom. The number of nitrogens with one attached hydrogen (secondary N) is 1. The summed E-state index contributed by atoms with van der Waals surface area (Å²) in [5.41, 5.74) is 2.76. The molecule has 0 spiro atoms. The number of imidazole rings is 1. The fourth-order valence-corrected chi connectivity index (χ4v) is 4.36. The maximum atomic E-state index is 12.5. The Kier molecular flexibility index (Phi) is 9.41. The Balaban J connectivity index is 1.23. The molecule has 0 saturated heterocycles. The van der Waals surface area contributed by atoms with Crippen molar-refractivity contribution in [2.75, 3.05) is 27.4 Å². The molecule has 0 aliphatic heterocycles. The van der Waals surface area contributed by atoms with E-state index in [1.165, 1.54) is 5.52 Å². The summed E-state index contributed by atoms with van der Waals surface area (Å²) in [5.74, 6) is 3.05. The molecule has 4 aromatic rings. The van der Waals surface area contributed by atoms with Crippen LogP contribution in [0.15, 0.2) is 72.8 Å². The van der Waals surface area contributed by atoms with Crippen molar-refractivity contribution < 1.29 is 19.0 Å². The summed E-state index contributed by atoms with van der Waals surface area (Å²) >= 11 is 0. The Morgan fingerprint density at radius 1 is 0.865 bits per heavy atom. The highest BCUT2D eigenvalue weighted by atomic mass is 16.5. The third kappa shape index (κ3) is 7.03. The van der Waals surface area contributed by atoms with Gasteiger partial charge in [-0.25, -0.2) is 4.98 Å². The minimum atomic E-state index is -0.111. The number of rotatable bonds is 14. The fraction of sp³-hybridized carbons (Fsp3) is 0.333. The van der Waals surface area contributed by atoms with Crippen LogP contribution in [0.3, 0.4) is 0 Å². The van der Waals surface area contributed by atoms with Crippen LogP contribution < -0.4 is 19.5 Å². The van der Waals surface area contributed by atoms with E-state index in [2.05, 4.69) is 28.1 Å². The van der Waals surface area contributed by atoms with E-state index in [1.54, 1.807) is 32.4 Å². The fourth-order valence-electron chi connectivity index (χ4n) is 4.36. The smallest absolute Gasteiger partial charge is 0.251 e. The van der Waals surface area contributed by atoms with Crippen LogP contribution in [0.2, 0.25) is 0 Å². The van der Waals surface area contributed by atoms with Crippen molar-refractivity contribution in [3.8, 4) is 17.2 Å². The summed E-state index contributed by atoms with van der Waals surface area (Å²) in [5, 5.41) is 3.00. The van der Waals surface area contributed by atoms with Gasteiger partial charge >= 0.3 is 0 Å². The maximum Gasteiger partial charge on any atom is 0.251 e. The number of carbonyl (C=O) groups excluding carboxylic acids is 1. The van der Waals surface area contributed by atoms with Gasteiger partial charge in [0.2, 0.25) is 0 Å². The molecule has 1 aromatic heterocycles. The molecule has 0 bridgehead atoms. The SMILES string of the molecule is COc1ccc(C(=O)NCCCCCc2nc3ccccc3n2CCCOc2ccccc2)cc1OC. The molecule has 3 aromatic carbocycles. The Morgan fingerprint density at radius 3 is 2.46 bits per heavy atom. The summed E-state index contributed by atoms with van der Waals surface area (Å²) < 4.78 is 18.7. The molecule has 0 aliphatic rings. The summed E-state index contributed by atoms with van der Waals surface area (Å²) in [4.78, 5) is 17.4. The molecule has 0 radical (unpaired) electrons. The zero-order valence-corrected chi connectivity index (χ0v) is 21.6. The van der Waals surface area contributed by atoms with Gasteiger partial charge in [0.25, 0.3) is 5.91 Å². The number of unbranched alkanes of at least 4 members (excludes halogenated alkanes) is 2. The highest BCUT2D eigenvalue weighted by molar-refractivity contribution is 5.94. The van der Waals surface area contributed by atoms with Gasteiger partial charge in [-0.1, -0.05) is 36.8 Å². The lowest BCUT2D eigenvalue weighted by Crippen LogP contribution is -2.24. The standard InChI is InChI=1S/C30H35N3O4/c1-35-27-18-17-23(22-28(27)36-2)30(34)31-19-10-4-7-16-29-32-25-14-8-9-15-26(25)33(29)20-11-21-37-24-12-5-3-6-13-24/h3,5-6,8-9,12-15,17-18,22H,4,7,10-11,16,19-21H2,1-2H3,(H,31,34). The average molecular weight is 502 g/mol. The number of hydrogen-bond donors (Lipinski definition) is 1. The van der Waals surface area contributed by atoms with Crippen molar-refractivity contribution in [2.24, 2.45) is 0 Å². The van der Waals surface area contributed by atoms with E-state index in [0.29, 0.717) is 30.2 Å². The van der Waals surface area contributed by atoms with Gasteiger partial charge < -0.3 is 24.1 Å². The summed E-state index contributed by atoms with van der Waals surface area (Å²) in [6, 6.07) is 23.4. The van der Waals surface area contributed by atoms with E-state index in [4.69, 9.17) is 19.2 Å². The summed E-state index contributed by atoms with van der Waals surface area (Å²) in [6.07, 6.45) is 4.73. The number of methoxy groups -OCH3 is 2. The Labute approximate surface area is 218 Å². The van der Waals surface area contributed by atoms with Crippen molar-refractivity contribution in [1.82, 2.24) is 14.9 Å². The predicted octanol–water partition coefficient (Wildman–Crippen LogP) is 5.67. The minimum absolute atomic E-state index is 0.111.